The number of rotatable bonds is 6. The molecule has 0 spiro atoms. The lowest BCUT2D eigenvalue weighted by molar-refractivity contribution is -0.384. The Labute approximate surface area is 111 Å². The molecule has 1 amide bonds. The Hall–Kier alpha value is -2.11. The first-order valence-corrected chi connectivity index (χ1v) is 6.36. The van der Waals surface area contributed by atoms with Gasteiger partial charge in [-0.1, -0.05) is 12.8 Å². The van der Waals surface area contributed by atoms with E-state index in [9.17, 15) is 14.9 Å². The maximum Gasteiger partial charge on any atom is 0.293 e. The Balaban J connectivity index is 2.11. The highest BCUT2D eigenvalue weighted by molar-refractivity contribution is 5.95. The van der Waals surface area contributed by atoms with Crippen molar-refractivity contribution < 1.29 is 9.72 Å². The van der Waals surface area contributed by atoms with E-state index in [1.165, 1.54) is 26.0 Å². The zero-order valence-corrected chi connectivity index (χ0v) is 10.8. The number of nitrogens with zero attached hydrogens (tertiary/aromatic N) is 1. The van der Waals surface area contributed by atoms with Crippen LogP contribution in [0.3, 0.4) is 0 Å². The van der Waals surface area contributed by atoms with E-state index in [1.807, 2.05) is 0 Å². The monoisotopic (exact) mass is 263 g/mol. The molecule has 0 atom stereocenters. The molecule has 1 aliphatic carbocycles. The number of nitro benzene ring substituents is 1. The molecule has 2 N–H and O–H groups in total. The van der Waals surface area contributed by atoms with E-state index in [2.05, 4.69) is 10.6 Å². The van der Waals surface area contributed by atoms with Crippen LogP contribution in [0.1, 0.15) is 29.6 Å². The number of hydrogen-bond acceptors (Lipinski definition) is 4. The maximum absolute atomic E-state index is 11.5. The molecule has 1 saturated carbocycles. The topological polar surface area (TPSA) is 84.3 Å². The van der Waals surface area contributed by atoms with Gasteiger partial charge in [-0.05, 0) is 24.5 Å². The summed E-state index contributed by atoms with van der Waals surface area (Å²) < 4.78 is 0. The molecular formula is C13H17N3O3. The summed E-state index contributed by atoms with van der Waals surface area (Å²) >= 11 is 0. The van der Waals surface area contributed by atoms with E-state index in [0.717, 1.165) is 18.9 Å². The van der Waals surface area contributed by atoms with Crippen LogP contribution < -0.4 is 10.6 Å². The van der Waals surface area contributed by atoms with Crippen molar-refractivity contribution in [3.63, 3.8) is 0 Å². The minimum Gasteiger partial charge on any atom is -0.379 e. The number of benzene rings is 1. The predicted octanol–water partition coefficient (Wildman–Crippen LogP) is 2.17. The molecule has 6 heteroatoms. The van der Waals surface area contributed by atoms with Crippen LogP contribution in [-0.2, 0) is 0 Å². The number of nitrogens with one attached hydrogen (secondary N) is 2. The van der Waals surface area contributed by atoms with Gasteiger partial charge in [-0.2, -0.15) is 0 Å². The number of hydrogen-bond donors (Lipinski definition) is 2. The van der Waals surface area contributed by atoms with Crippen LogP contribution in [0.25, 0.3) is 0 Å². The second kappa shape index (κ2) is 5.69. The van der Waals surface area contributed by atoms with Crippen LogP contribution in [0, 0.1) is 16.0 Å². The summed E-state index contributed by atoms with van der Waals surface area (Å²) in [6, 6.07) is 4.49. The number of carbonyl (C=O) groups is 1. The van der Waals surface area contributed by atoms with Crippen molar-refractivity contribution in [1.82, 2.24) is 5.32 Å². The summed E-state index contributed by atoms with van der Waals surface area (Å²) in [6.45, 7) is 0.727. The summed E-state index contributed by atoms with van der Waals surface area (Å²) in [5.41, 5.74) is 0.706. The quantitative estimate of drug-likeness (QED) is 0.608. The van der Waals surface area contributed by atoms with Crippen LogP contribution in [0.15, 0.2) is 18.2 Å². The van der Waals surface area contributed by atoms with E-state index in [1.54, 1.807) is 12.1 Å². The van der Waals surface area contributed by atoms with Crippen molar-refractivity contribution in [3.05, 3.63) is 33.9 Å². The zero-order chi connectivity index (χ0) is 13.8. The van der Waals surface area contributed by atoms with Gasteiger partial charge in [0.1, 0.15) is 5.69 Å². The molecule has 0 radical (unpaired) electrons. The van der Waals surface area contributed by atoms with Gasteiger partial charge in [-0.25, -0.2) is 0 Å². The molecule has 19 heavy (non-hydrogen) atoms. The molecule has 0 aliphatic heterocycles. The van der Waals surface area contributed by atoms with Gasteiger partial charge in [0.25, 0.3) is 11.6 Å². The van der Waals surface area contributed by atoms with E-state index < -0.39 is 4.92 Å². The molecule has 0 heterocycles. The fraction of sp³-hybridized carbons (Fsp3) is 0.462. The van der Waals surface area contributed by atoms with Crippen molar-refractivity contribution in [3.8, 4) is 0 Å². The number of carbonyl (C=O) groups excluding carboxylic acids is 1. The average Bonchev–Trinajstić information content (AvgIpc) is 3.22. The molecule has 1 aromatic rings. The molecule has 2 rings (SSSR count). The summed E-state index contributed by atoms with van der Waals surface area (Å²) in [5.74, 6) is 0.448. The minimum absolute atomic E-state index is 0.0584. The van der Waals surface area contributed by atoms with Crippen LogP contribution in [0.2, 0.25) is 0 Å². The standard InChI is InChI=1S/C13H17N3O3/c1-14-13(17)10-4-5-11(12(8-10)16(18)19)15-7-6-9-2-3-9/h4-5,8-9,15H,2-3,6-7H2,1H3,(H,14,17). The second-order valence-electron chi connectivity index (χ2n) is 4.73. The molecule has 0 bridgehead atoms. The smallest absolute Gasteiger partial charge is 0.293 e. The van der Waals surface area contributed by atoms with Gasteiger partial charge in [-0.3, -0.25) is 14.9 Å². The lowest BCUT2D eigenvalue weighted by Gasteiger charge is -2.08. The number of amides is 1. The fourth-order valence-corrected chi connectivity index (χ4v) is 1.94. The lowest BCUT2D eigenvalue weighted by Crippen LogP contribution is -2.18. The van der Waals surface area contributed by atoms with Crippen molar-refractivity contribution in [2.75, 3.05) is 18.9 Å². The zero-order valence-electron chi connectivity index (χ0n) is 10.8. The first kappa shape index (κ1) is 13.3. The third kappa shape index (κ3) is 3.43. The Morgan fingerprint density at radius 3 is 2.79 bits per heavy atom. The van der Waals surface area contributed by atoms with Gasteiger partial charge < -0.3 is 10.6 Å². The van der Waals surface area contributed by atoms with E-state index >= 15 is 0 Å². The molecule has 6 nitrogen and oxygen atoms in total. The van der Waals surface area contributed by atoms with E-state index in [-0.39, 0.29) is 11.6 Å². The largest absolute Gasteiger partial charge is 0.379 e. The van der Waals surface area contributed by atoms with Crippen LogP contribution in [0.4, 0.5) is 11.4 Å². The number of anilines is 1. The van der Waals surface area contributed by atoms with Gasteiger partial charge >= 0.3 is 0 Å². The van der Waals surface area contributed by atoms with Crippen LogP contribution in [0.5, 0.6) is 0 Å². The fourth-order valence-electron chi connectivity index (χ4n) is 1.94. The van der Waals surface area contributed by atoms with Crippen molar-refractivity contribution >= 4 is 17.3 Å². The summed E-state index contributed by atoms with van der Waals surface area (Å²) in [5, 5.41) is 16.6. The normalized spacial score (nSPS) is 13.9. The molecule has 0 unspecified atom stereocenters. The van der Waals surface area contributed by atoms with Gasteiger partial charge in [0.05, 0.1) is 4.92 Å². The Bertz CT molecular complexity index is 498. The van der Waals surface area contributed by atoms with Gasteiger partial charge in [0.15, 0.2) is 0 Å². The molecular weight excluding hydrogens is 246 g/mol. The predicted molar refractivity (Wildman–Crippen MR) is 72.3 cm³/mol. The highest BCUT2D eigenvalue weighted by Gasteiger charge is 2.21. The van der Waals surface area contributed by atoms with Gasteiger partial charge in [0.2, 0.25) is 0 Å². The van der Waals surface area contributed by atoms with Gasteiger partial charge in [-0.15, -0.1) is 0 Å². The highest BCUT2D eigenvalue weighted by atomic mass is 16.6. The first-order chi connectivity index (χ1) is 9.11. The SMILES string of the molecule is CNC(=O)c1ccc(NCCC2CC2)c([N+](=O)[O-])c1. The third-order valence-electron chi connectivity index (χ3n) is 3.25. The lowest BCUT2D eigenvalue weighted by atomic mass is 10.1. The Morgan fingerprint density at radius 2 is 2.21 bits per heavy atom. The molecule has 102 valence electrons. The molecule has 1 aromatic carbocycles. The van der Waals surface area contributed by atoms with Gasteiger partial charge in [0, 0.05) is 25.2 Å². The molecule has 1 fully saturated rings. The summed E-state index contributed by atoms with van der Waals surface area (Å²) in [4.78, 5) is 22.0. The molecule has 1 aliphatic rings. The van der Waals surface area contributed by atoms with Crippen LogP contribution >= 0.6 is 0 Å². The highest BCUT2D eigenvalue weighted by Crippen LogP contribution is 2.32. The van der Waals surface area contributed by atoms with Crippen molar-refractivity contribution in [1.29, 1.82) is 0 Å². The Kier molecular flexibility index (Phi) is 3.99. The Morgan fingerprint density at radius 1 is 1.47 bits per heavy atom. The molecule has 0 aromatic heterocycles. The second-order valence-corrected chi connectivity index (χ2v) is 4.73. The number of nitro groups is 1. The first-order valence-electron chi connectivity index (χ1n) is 6.36. The van der Waals surface area contributed by atoms with Crippen molar-refractivity contribution in [2.45, 2.75) is 19.3 Å². The minimum atomic E-state index is -0.466. The summed E-state index contributed by atoms with van der Waals surface area (Å²) in [7, 11) is 1.50. The average molecular weight is 263 g/mol. The molecule has 0 saturated heterocycles. The van der Waals surface area contributed by atoms with E-state index in [0.29, 0.717) is 11.3 Å². The maximum atomic E-state index is 11.5. The third-order valence-corrected chi connectivity index (χ3v) is 3.25. The van der Waals surface area contributed by atoms with E-state index in [4.69, 9.17) is 0 Å². The van der Waals surface area contributed by atoms with Crippen LogP contribution in [-0.4, -0.2) is 24.4 Å². The van der Waals surface area contributed by atoms with Crippen molar-refractivity contribution in [2.24, 2.45) is 5.92 Å². The summed E-state index contributed by atoms with van der Waals surface area (Å²) in [6.07, 6.45) is 3.56.